The summed E-state index contributed by atoms with van der Waals surface area (Å²) in [5, 5.41) is 1.37. The first kappa shape index (κ1) is 17.1. The number of hydrogen-bond donors (Lipinski definition) is 0. The third-order valence-electron chi connectivity index (χ3n) is 4.83. The normalized spacial score (nSPS) is 11.2. The fourth-order valence-corrected chi connectivity index (χ4v) is 3.53. The molecule has 0 unspecified atom stereocenters. The zero-order valence-corrected chi connectivity index (χ0v) is 15.4. The van der Waals surface area contributed by atoms with Gasteiger partial charge < -0.3 is 8.83 Å². The van der Waals surface area contributed by atoms with E-state index in [1.54, 1.807) is 6.07 Å². The molecule has 0 spiro atoms. The van der Waals surface area contributed by atoms with Crippen LogP contribution in [0.25, 0.3) is 33.1 Å². The van der Waals surface area contributed by atoms with E-state index in [4.69, 9.17) is 8.83 Å². The number of carbonyl (C=O) groups is 1. The molecule has 0 bridgehead atoms. The van der Waals surface area contributed by atoms with E-state index in [9.17, 15) is 9.59 Å². The molecule has 5 rings (SSSR count). The van der Waals surface area contributed by atoms with Crippen molar-refractivity contribution in [2.24, 2.45) is 0 Å². The highest BCUT2D eigenvalue weighted by Gasteiger charge is 2.26. The molecular formula is C23H14N2O4. The van der Waals surface area contributed by atoms with Gasteiger partial charge in [0.1, 0.15) is 16.9 Å². The number of rotatable bonds is 3. The monoisotopic (exact) mass is 382 g/mol. The summed E-state index contributed by atoms with van der Waals surface area (Å²) >= 11 is 0. The smallest absolute Gasteiger partial charge is 0.336 e. The molecule has 3 heterocycles. The first-order chi connectivity index (χ1) is 14.1. The van der Waals surface area contributed by atoms with Gasteiger partial charge in [0.05, 0.1) is 11.6 Å². The molecule has 0 N–H and O–H groups in total. The molecule has 0 amide bonds. The van der Waals surface area contributed by atoms with Crippen molar-refractivity contribution in [3.05, 3.63) is 94.6 Å². The van der Waals surface area contributed by atoms with E-state index in [1.165, 1.54) is 24.7 Å². The first-order valence-electron chi connectivity index (χ1n) is 8.99. The minimum Gasteiger partial charge on any atom is -0.452 e. The summed E-state index contributed by atoms with van der Waals surface area (Å²) < 4.78 is 11.5. The van der Waals surface area contributed by atoms with Gasteiger partial charge in [0.25, 0.3) is 0 Å². The van der Waals surface area contributed by atoms with Crippen molar-refractivity contribution in [3.8, 4) is 11.1 Å². The van der Waals surface area contributed by atoms with Crippen LogP contribution in [0, 0.1) is 6.92 Å². The Morgan fingerprint density at radius 3 is 2.59 bits per heavy atom. The summed E-state index contributed by atoms with van der Waals surface area (Å²) in [6.45, 7) is 1.85. The summed E-state index contributed by atoms with van der Waals surface area (Å²) in [7, 11) is 0. The molecule has 0 radical (unpaired) electrons. The van der Waals surface area contributed by atoms with E-state index in [-0.39, 0.29) is 11.5 Å². The van der Waals surface area contributed by atoms with Crippen LogP contribution in [0.4, 0.5) is 0 Å². The van der Waals surface area contributed by atoms with Crippen LogP contribution in [0.1, 0.15) is 21.8 Å². The second-order valence-electron chi connectivity index (χ2n) is 6.66. The van der Waals surface area contributed by atoms with Gasteiger partial charge in [0.15, 0.2) is 5.76 Å². The maximum absolute atomic E-state index is 13.2. The minimum atomic E-state index is -0.454. The summed E-state index contributed by atoms with van der Waals surface area (Å²) in [6.07, 6.45) is 4.35. The van der Waals surface area contributed by atoms with E-state index in [0.717, 1.165) is 16.5 Å². The molecule has 6 nitrogen and oxygen atoms in total. The average Bonchev–Trinajstić information content (AvgIpc) is 3.14. The van der Waals surface area contributed by atoms with Crippen LogP contribution < -0.4 is 5.63 Å². The number of benzene rings is 2. The molecule has 140 valence electrons. The summed E-state index contributed by atoms with van der Waals surface area (Å²) in [6, 6.07) is 14.4. The number of ketones is 1. The maximum atomic E-state index is 13.2. The highest BCUT2D eigenvalue weighted by molar-refractivity contribution is 6.19. The Morgan fingerprint density at radius 1 is 1.00 bits per heavy atom. The molecule has 29 heavy (non-hydrogen) atoms. The standard InChI is InChI=1S/C23H14N2O4/c1-13-11-18(26)29-22-15(13)7-8-17-20(22)19(14-5-3-2-4-6-14)23(28-17)21(27)16-12-24-9-10-25-16/h2-12H,1H3. The number of fused-ring (bicyclic) bond motifs is 3. The number of aryl methyl sites for hydroxylation is 1. The number of carbonyl (C=O) groups excluding carboxylic acids is 1. The van der Waals surface area contributed by atoms with Crippen LogP contribution in [-0.4, -0.2) is 15.8 Å². The quantitative estimate of drug-likeness (QED) is 0.336. The van der Waals surface area contributed by atoms with Crippen LogP contribution >= 0.6 is 0 Å². The Kier molecular flexibility index (Phi) is 3.84. The molecule has 0 aliphatic carbocycles. The van der Waals surface area contributed by atoms with Crippen molar-refractivity contribution in [2.75, 3.05) is 0 Å². The van der Waals surface area contributed by atoms with Crippen molar-refractivity contribution < 1.29 is 13.6 Å². The predicted molar refractivity (Wildman–Crippen MR) is 108 cm³/mol. The van der Waals surface area contributed by atoms with Gasteiger partial charge in [0.2, 0.25) is 5.78 Å². The third-order valence-corrected chi connectivity index (χ3v) is 4.83. The Hall–Kier alpha value is -4.06. The summed E-state index contributed by atoms with van der Waals surface area (Å²) in [4.78, 5) is 33.3. The van der Waals surface area contributed by atoms with Crippen LogP contribution in [0.5, 0.6) is 0 Å². The summed E-state index contributed by atoms with van der Waals surface area (Å²) in [5.41, 5.74) is 2.70. The van der Waals surface area contributed by atoms with E-state index in [0.29, 0.717) is 22.1 Å². The van der Waals surface area contributed by atoms with Crippen molar-refractivity contribution >= 4 is 27.7 Å². The lowest BCUT2D eigenvalue weighted by Crippen LogP contribution is -2.04. The second-order valence-corrected chi connectivity index (χ2v) is 6.66. The highest BCUT2D eigenvalue weighted by Crippen LogP contribution is 2.40. The molecule has 6 heteroatoms. The van der Waals surface area contributed by atoms with E-state index in [1.807, 2.05) is 43.3 Å². The second kappa shape index (κ2) is 6.53. The van der Waals surface area contributed by atoms with Crippen LogP contribution in [0.3, 0.4) is 0 Å². The van der Waals surface area contributed by atoms with Gasteiger partial charge >= 0.3 is 5.63 Å². The maximum Gasteiger partial charge on any atom is 0.336 e. The van der Waals surface area contributed by atoms with Gasteiger partial charge in [-0.3, -0.25) is 9.78 Å². The van der Waals surface area contributed by atoms with Crippen molar-refractivity contribution in [2.45, 2.75) is 6.92 Å². The van der Waals surface area contributed by atoms with Crippen LogP contribution in [0.15, 0.2) is 80.8 Å². The minimum absolute atomic E-state index is 0.128. The van der Waals surface area contributed by atoms with Gasteiger partial charge in [-0.05, 0) is 30.2 Å². The Labute approximate surface area is 164 Å². The predicted octanol–water partition coefficient (Wildman–Crippen LogP) is 4.54. The van der Waals surface area contributed by atoms with Gasteiger partial charge in [-0.2, -0.15) is 0 Å². The molecule has 0 fully saturated rings. The molecule has 0 saturated carbocycles. The molecule has 3 aromatic heterocycles. The molecule has 5 aromatic rings. The van der Waals surface area contributed by atoms with Gasteiger partial charge in [-0.25, -0.2) is 9.78 Å². The zero-order chi connectivity index (χ0) is 20.0. The van der Waals surface area contributed by atoms with Gasteiger partial charge in [0, 0.05) is 29.4 Å². The Bertz CT molecular complexity index is 1430. The number of nitrogens with zero attached hydrogens (tertiary/aromatic N) is 2. The fourth-order valence-electron chi connectivity index (χ4n) is 3.53. The van der Waals surface area contributed by atoms with Crippen molar-refractivity contribution in [1.82, 2.24) is 9.97 Å². The molecular weight excluding hydrogens is 368 g/mol. The summed E-state index contributed by atoms with van der Waals surface area (Å²) in [5.74, 6) is -0.264. The van der Waals surface area contributed by atoms with Crippen molar-refractivity contribution in [3.63, 3.8) is 0 Å². The lowest BCUT2D eigenvalue weighted by Gasteiger charge is -2.05. The van der Waals surface area contributed by atoms with E-state index < -0.39 is 11.4 Å². The van der Waals surface area contributed by atoms with E-state index in [2.05, 4.69) is 9.97 Å². The number of furan rings is 1. The first-order valence-corrected chi connectivity index (χ1v) is 8.99. The topological polar surface area (TPSA) is 86.2 Å². The molecule has 0 saturated heterocycles. The zero-order valence-electron chi connectivity index (χ0n) is 15.4. The van der Waals surface area contributed by atoms with Gasteiger partial charge in [-0.1, -0.05) is 30.3 Å². The number of aromatic nitrogens is 2. The molecule has 2 aromatic carbocycles. The molecule has 0 atom stereocenters. The van der Waals surface area contributed by atoms with Crippen molar-refractivity contribution in [1.29, 1.82) is 0 Å². The van der Waals surface area contributed by atoms with Crippen LogP contribution in [-0.2, 0) is 0 Å². The van der Waals surface area contributed by atoms with Crippen LogP contribution in [0.2, 0.25) is 0 Å². The number of hydrogen-bond acceptors (Lipinski definition) is 6. The highest BCUT2D eigenvalue weighted by atomic mass is 16.4. The molecule has 0 aliphatic rings. The largest absolute Gasteiger partial charge is 0.452 e. The average molecular weight is 382 g/mol. The van der Waals surface area contributed by atoms with Gasteiger partial charge in [-0.15, -0.1) is 0 Å². The molecule has 0 aliphatic heterocycles. The third kappa shape index (κ3) is 2.73. The SMILES string of the molecule is Cc1cc(=O)oc2c1ccc1oc(C(=O)c3cnccn3)c(-c3ccccc3)c12. The Balaban J connectivity index is 1.93. The fraction of sp³-hybridized carbons (Fsp3) is 0.0435. The lowest BCUT2D eigenvalue weighted by molar-refractivity contribution is 0.101. The Morgan fingerprint density at radius 2 is 1.83 bits per heavy atom. The lowest BCUT2D eigenvalue weighted by atomic mass is 9.97. The van der Waals surface area contributed by atoms with E-state index >= 15 is 0 Å².